The van der Waals surface area contributed by atoms with Gasteiger partial charge in [-0.05, 0) is 31.5 Å². The summed E-state index contributed by atoms with van der Waals surface area (Å²) >= 11 is 0. The molecule has 0 heterocycles. The second-order valence-electron chi connectivity index (χ2n) is 4.75. The number of hydrogen-bond acceptors (Lipinski definition) is 4. The number of aliphatic hydroxyl groups excluding tert-OH is 2. The van der Waals surface area contributed by atoms with Crippen molar-refractivity contribution in [2.75, 3.05) is 19.8 Å². The van der Waals surface area contributed by atoms with Gasteiger partial charge >= 0.3 is 0 Å². The van der Waals surface area contributed by atoms with E-state index in [1.165, 1.54) is 25.1 Å². The molecule has 0 saturated carbocycles. The fraction of sp³-hybridized carbons (Fsp3) is 0.600. The van der Waals surface area contributed by atoms with Crippen LogP contribution in [-0.2, 0) is 4.74 Å². The largest absolute Gasteiger partial charge is 0.490 e. The summed E-state index contributed by atoms with van der Waals surface area (Å²) in [6.07, 6.45) is 0.412. The highest BCUT2D eigenvalue weighted by Gasteiger charge is 2.12. The molecule has 0 aliphatic rings. The molecule has 1 aromatic carbocycles. The van der Waals surface area contributed by atoms with E-state index in [9.17, 15) is 14.6 Å². The van der Waals surface area contributed by atoms with Crippen molar-refractivity contribution in [3.8, 4) is 5.75 Å². The maximum Gasteiger partial charge on any atom is 0.125 e. The van der Waals surface area contributed by atoms with E-state index in [4.69, 9.17) is 9.47 Å². The third-order valence-corrected chi connectivity index (χ3v) is 2.81. The predicted octanol–water partition coefficient (Wildman–Crippen LogP) is 2.44. The molecule has 5 heteroatoms. The third kappa shape index (κ3) is 5.86. The van der Waals surface area contributed by atoms with Crippen LogP contribution in [0, 0.1) is 5.82 Å². The van der Waals surface area contributed by atoms with Crippen LogP contribution >= 0.6 is 0 Å². The number of rotatable bonds is 9. The summed E-state index contributed by atoms with van der Waals surface area (Å²) in [7, 11) is 0. The van der Waals surface area contributed by atoms with Gasteiger partial charge in [0, 0.05) is 12.2 Å². The summed E-state index contributed by atoms with van der Waals surface area (Å²) in [4.78, 5) is 0. The molecular formula is C15H23FO4. The van der Waals surface area contributed by atoms with Gasteiger partial charge in [0.15, 0.2) is 0 Å². The molecule has 114 valence electrons. The van der Waals surface area contributed by atoms with E-state index in [1.54, 1.807) is 0 Å². The van der Waals surface area contributed by atoms with Crippen molar-refractivity contribution in [3.63, 3.8) is 0 Å². The van der Waals surface area contributed by atoms with Gasteiger partial charge in [-0.3, -0.25) is 0 Å². The lowest BCUT2D eigenvalue weighted by molar-refractivity contribution is 0.0107. The molecule has 0 radical (unpaired) electrons. The molecule has 1 rings (SSSR count). The molecule has 1 aromatic rings. The molecule has 2 N–H and O–H groups in total. The van der Waals surface area contributed by atoms with Crippen LogP contribution in [0.1, 0.15) is 38.4 Å². The molecule has 0 aliphatic carbocycles. The molecule has 2 atom stereocenters. The van der Waals surface area contributed by atoms with Crippen LogP contribution < -0.4 is 4.74 Å². The Bertz CT molecular complexity index is 395. The number of aliphatic hydroxyl groups is 2. The maximum atomic E-state index is 13.1. The van der Waals surface area contributed by atoms with Gasteiger partial charge in [-0.1, -0.05) is 13.3 Å². The summed E-state index contributed by atoms with van der Waals surface area (Å²) < 4.78 is 23.8. The molecule has 0 amide bonds. The van der Waals surface area contributed by atoms with Gasteiger partial charge in [-0.15, -0.1) is 0 Å². The van der Waals surface area contributed by atoms with Gasteiger partial charge in [0.25, 0.3) is 0 Å². The first-order valence-corrected chi connectivity index (χ1v) is 6.90. The first kappa shape index (κ1) is 16.9. The van der Waals surface area contributed by atoms with E-state index in [1.807, 2.05) is 0 Å². The fourth-order valence-electron chi connectivity index (χ4n) is 1.68. The summed E-state index contributed by atoms with van der Waals surface area (Å²) in [5.41, 5.74) is 0.365. The fourth-order valence-corrected chi connectivity index (χ4v) is 1.68. The predicted molar refractivity (Wildman–Crippen MR) is 74.3 cm³/mol. The normalized spacial score (nSPS) is 14.1. The number of unbranched alkanes of at least 4 members (excludes halogenated alkanes) is 1. The van der Waals surface area contributed by atoms with Crippen LogP contribution in [-0.4, -0.2) is 36.1 Å². The lowest BCUT2D eigenvalue weighted by atomic mass is 10.1. The first-order valence-electron chi connectivity index (χ1n) is 6.90. The van der Waals surface area contributed by atoms with Crippen molar-refractivity contribution >= 4 is 0 Å². The highest BCUT2D eigenvalue weighted by atomic mass is 19.1. The molecule has 0 aliphatic heterocycles. The lowest BCUT2D eigenvalue weighted by Gasteiger charge is -2.16. The molecule has 0 saturated heterocycles. The second kappa shape index (κ2) is 8.89. The van der Waals surface area contributed by atoms with Gasteiger partial charge in [-0.2, -0.15) is 0 Å². The van der Waals surface area contributed by atoms with Crippen LogP contribution in [0.2, 0.25) is 0 Å². The Hall–Kier alpha value is -1.17. The van der Waals surface area contributed by atoms with Crippen molar-refractivity contribution in [1.82, 2.24) is 0 Å². The molecule has 20 heavy (non-hydrogen) atoms. The minimum absolute atomic E-state index is 0.0392. The lowest BCUT2D eigenvalue weighted by Crippen LogP contribution is -2.24. The molecule has 4 nitrogen and oxygen atoms in total. The Morgan fingerprint density at radius 1 is 1.25 bits per heavy atom. The van der Waals surface area contributed by atoms with Gasteiger partial charge in [-0.25, -0.2) is 4.39 Å². The molecular weight excluding hydrogens is 263 g/mol. The van der Waals surface area contributed by atoms with Crippen molar-refractivity contribution in [1.29, 1.82) is 0 Å². The molecule has 1 unspecified atom stereocenters. The number of benzene rings is 1. The zero-order valence-electron chi connectivity index (χ0n) is 12.0. The van der Waals surface area contributed by atoms with Gasteiger partial charge in [0.1, 0.15) is 24.3 Å². The average Bonchev–Trinajstić information content (AvgIpc) is 2.42. The van der Waals surface area contributed by atoms with E-state index in [-0.39, 0.29) is 13.2 Å². The molecule has 0 spiro atoms. The SMILES string of the molecule is CCCCOCC(O)COc1ccc(F)cc1[C@H](C)O. The molecule has 0 bridgehead atoms. The Morgan fingerprint density at radius 3 is 2.65 bits per heavy atom. The second-order valence-corrected chi connectivity index (χ2v) is 4.75. The van der Waals surface area contributed by atoms with Crippen molar-refractivity contribution < 1.29 is 24.1 Å². The summed E-state index contributed by atoms with van der Waals surface area (Å²) in [6, 6.07) is 3.93. The van der Waals surface area contributed by atoms with Crippen molar-refractivity contribution in [2.24, 2.45) is 0 Å². The highest BCUT2D eigenvalue weighted by Crippen LogP contribution is 2.26. The Morgan fingerprint density at radius 2 is 2.00 bits per heavy atom. The van der Waals surface area contributed by atoms with Gasteiger partial charge < -0.3 is 19.7 Å². The minimum atomic E-state index is -0.835. The average molecular weight is 286 g/mol. The third-order valence-electron chi connectivity index (χ3n) is 2.81. The van der Waals surface area contributed by atoms with Gasteiger partial charge in [0.05, 0.1) is 12.7 Å². The molecule has 0 fully saturated rings. The number of hydrogen-bond donors (Lipinski definition) is 2. The van der Waals surface area contributed by atoms with Crippen LogP contribution in [0.25, 0.3) is 0 Å². The van der Waals surface area contributed by atoms with Crippen LogP contribution in [0.15, 0.2) is 18.2 Å². The quantitative estimate of drug-likeness (QED) is 0.685. The topological polar surface area (TPSA) is 58.9 Å². The monoisotopic (exact) mass is 286 g/mol. The molecule has 0 aromatic heterocycles. The zero-order valence-corrected chi connectivity index (χ0v) is 12.0. The summed E-state index contributed by atoms with van der Waals surface area (Å²) in [6.45, 7) is 4.45. The standard InChI is InChI=1S/C15H23FO4/c1-3-4-7-19-9-13(18)10-20-15-6-5-12(16)8-14(15)11(2)17/h5-6,8,11,13,17-18H,3-4,7,9-10H2,1-2H3/t11-,13?/m0/s1. The van der Waals surface area contributed by atoms with E-state index >= 15 is 0 Å². The summed E-state index contributed by atoms with van der Waals surface area (Å²) in [5.74, 6) is -0.0642. The van der Waals surface area contributed by atoms with Gasteiger partial charge in [0.2, 0.25) is 0 Å². The Labute approximate surface area is 119 Å². The van der Waals surface area contributed by atoms with E-state index in [0.29, 0.717) is 17.9 Å². The smallest absolute Gasteiger partial charge is 0.125 e. The first-order chi connectivity index (χ1) is 9.54. The number of ether oxygens (including phenoxy) is 2. The van der Waals surface area contributed by atoms with Crippen molar-refractivity contribution in [3.05, 3.63) is 29.6 Å². The van der Waals surface area contributed by atoms with Crippen molar-refractivity contribution in [2.45, 2.75) is 38.9 Å². The number of halogens is 1. The Kier molecular flexibility index (Phi) is 7.51. The van der Waals surface area contributed by atoms with E-state index in [2.05, 4.69) is 6.92 Å². The minimum Gasteiger partial charge on any atom is -0.490 e. The zero-order chi connectivity index (χ0) is 15.0. The van der Waals surface area contributed by atoms with Crippen LogP contribution in [0.5, 0.6) is 5.75 Å². The maximum absolute atomic E-state index is 13.1. The van der Waals surface area contributed by atoms with E-state index < -0.39 is 18.0 Å². The van der Waals surface area contributed by atoms with Crippen LogP contribution in [0.4, 0.5) is 4.39 Å². The highest BCUT2D eigenvalue weighted by molar-refractivity contribution is 5.35. The van der Waals surface area contributed by atoms with E-state index in [0.717, 1.165) is 12.8 Å². The van der Waals surface area contributed by atoms with Crippen LogP contribution in [0.3, 0.4) is 0 Å². The Balaban J connectivity index is 2.44. The summed E-state index contributed by atoms with van der Waals surface area (Å²) in [5, 5.41) is 19.3.